The summed E-state index contributed by atoms with van der Waals surface area (Å²) in [6, 6.07) is 12.0. The molecule has 5 rings (SSSR count). The molecule has 1 fully saturated rings. The summed E-state index contributed by atoms with van der Waals surface area (Å²) in [5.74, 6) is 1.38. The molecule has 0 aromatic heterocycles. The van der Waals surface area contributed by atoms with Gasteiger partial charge in [0.05, 0.1) is 12.3 Å². The SMILES string of the molecule is O=C(C1CCCC1)N(Cc1ccc(F)cc1)CC1CC(c2ccc3c(c2)OCO3)=NO1. The predicted octanol–water partition coefficient (Wildman–Crippen LogP) is 4.27. The van der Waals surface area contributed by atoms with Crippen LogP contribution in [0.1, 0.15) is 43.2 Å². The van der Waals surface area contributed by atoms with Gasteiger partial charge in [-0.25, -0.2) is 4.39 Å². The summed E-state index contributed by atoms with van der Waals surface area (Å²) >= 11 is 0. The molecule has 7 heteroatoms. The van der Waals surface area contributed by atoms with E-state index in [0.717, 1.165) is 48.3 Å². The van der Waals surface area contributed by atoms with Crippen LogP contribution in [0.15, 0.2) is 47.6 Å². The normalized spacial score (nSPS) is 19.9. The van der Waals surface area contributed by atoms with E-state index in [1.54, 1.807) is 12.1 Å². The molecule has 0 N–H and O–H groups in total. The highest BCUT2D eigenvalue weighted by atomic mass is 19.1. The highest BCUT2D eigenvalue weighted by Gasteiger charge is 2.32. The lowest BCUT2D eigenvalue weighted by Gasteiger charge is -2.27. The molecular weight excluding hydrogens is 399 g/mol. The van der Waals surface area contributed by atoms with Crippen LogP contribution in [0.25, 0.3) is 0 Å². The van der Waals surface area contributed by atoms with Crippen molar-refractivity contribution >= 4 is 11.6 Å². The van der Waals surface area contributed by atoms with Gasteiger partial charge in [0, 0.05) is 24.4 Å². The Morgan fingerprint density at radius 1 is 1.06 bits per heavy atom. The molecule has 2 aromatic carbocycles. The van der Waals surface area contributed by atoms with Gasteiger partial charge in [-0.3, -0.25) is 4.79 Å². The quantitative estimate of drug-likeness (QED) is 0.695. The van der Waals surface area contributed by atoms with E-state index >= 15 is 0 Å². The second-order valence-electron chi connectivity index (χ2n) is 8.36. The van der Waals surface area contributed by atoms with Crippen LogP contribution in [0.2, 0.25) is 0 Å². The first-order valence-electron chi connectivity index (χ1n) is 10.8. The van der Waals surface area contributed by atoms with Gasteiger partial charge < -0.3 is 19.2 Å². The van der Waals surface area contributed by atoms with Crippen LogP contribution in [0.3, 0.4) is 0 Å². The zero-order valence-electron chi connectivity index (χ0n) is 17.3. The Labute approximate surface area is 180 Å². The minimum atomic E-state index is -0.279. The van der Waals surface area contributed by atoms with Crippen molar-refractivity contribution in [2.75, 3.05) is 13.3 Å². The number of hydrogen-bond acceptors (Lipinski definition) is 5. The van der Waals surface area contributed by atoms with E-state index in [4.69, 9.17) is 14.3 Å². The van der Waals surface area contributed by atoms with Crippen molar-refractivity contribution in [2.24, 2.45) is 11.1 Å². The monoisotopic (exact) mass is 424 g/mol. The van der Waals surface area contributed by atoms with Crippen LogP contribution in [-0.4, -0.2) is 36.0 Å². The van der Waals surface area contributed by atoms with Crippen molar-refractivity contribution in [2.45, 2.75) is 44.8 Å². The molecule has 0 radical (unpaired) electrons. The van der Waals surface area contributed by atoms with E-state index in [0.29, 0.717) is 25.3 Å². The van der Waals surface area contributed by atoms with Gasteiger partial charge in [-0.1, -0.05) is 30.1 Å². The van der Waals surface area contributed by atoms with Crippen molar-refractivity contribution < 1.29 is 23.5 Å². The first-order chi connectivity index (χ1) is 15.2. The van der Waals surface area contributed by atoms with E-state index in [2.05, 4.69) is 5.16 Å². The summed E-state index contributed by atoms with van der Waals surface area (Å²) in [6.07, 6.45) is 4.45. The lowest BCUT2D eigenvalue weighted by atomic mass is 10.0. The smallest absolute Gasteiger partial charge is 0.231 e. The minimum absolute atomic E-state index is 0.0658. The maximum atomic E-state index is 13.3. The highest BCUT2D eigenvalue weighted by Crippen LogP contribution is 2.34. The molecule has 3 aliphatic rings. The zero-order valence-corrected chi connectivity index (χ0v) is 17.3. The fourth-order valence-corrected chi connectivity index (χ4v) is 4.49. The fourth-order valence-electron chi connectivity index (χ4n) is 4.49. The number of carbonyl (C=O) groups is 1. The van der Waals surface area contributed by atoms with Crippen LogP contribution in [0.5, 0.6) is 11.5 Å². The van der Waals surface area contributed by atoms with Gasteiger partial charge in [0.1, 0.15) is 5.82 Å². The summed E-state index contributed by atoms with van der Waals surface area (Å²) in [4.78, 5) is 20.8. The van der Waals surface area contributed by atoms with Gasteiger partial charge in [0.2, 0.25) is 12.7 Å². The Morgan fingerprint density at radius 2 is 1.84 bits per heavy atom. The van der Waals surface area contributed by atoms with Crippen molar-refractivity contribution in [1.82, 2.24) is 4.90 Å². The molecule has 0 saturated heterocycles. The Bertz CT molecular complexity index is 986. The molecule has 31 heavy (non-hydrogen) atoms. The Balaban J connectivity index is 1.27. The standard InChI is InChI=1S/C24H25FN2O4/c25-19-8-5-16(6-9-19)13-27(24(28)17-3-1-2-4-17)14-20-12-21(26-31-20)18-7-10-22-23(11-18)30-15-29-22/h5-11,17,20H,1-4,12-15H2. The zero-order chi connectivity index (χ0) is 21.2. The molecule has 1 aliphatic carbocycles. The molecule has 162 valence electrons. The summed E-state index contributed by atoms with van der Waals surface area (Å²) in [6.45, 7) is 1.12. The number of nitrogens with zero attached hydrogens (tertiary/aromatic N) is 2. The van der Waals surface area contributed by atoms with Gasteiger partial charge in [0.25, 0.3) is 0 Å². The van der Waals surface area contributed by atoms with Crippen LogP contribution < -0.4 is 9.47 Å². The molecule has 6 nitrogen and oxygen atoms in total. The number of hydrogen-bond donors (Lipinski definition) is 0. The summed E-state index contributed by atoms with van der Waals surface area (Å²) in [5, 5.41) is 4.27. The summed E-state index contributed by atoms with van der Waals surface area (Å²) in [5.41, 5.74) is 2.67. The van der Waals surface area contributed by atoms with E-state index < -0.39 is 0 Å². The molecule has 1 atom stereocenters. The van der Waals surface area contributed by atoms with Crippen LogP contribution in [-0.2, 0) is 16.2 Å². The van der Waals surface area contributed by atoms with E-state index in [-0.39, 0.29) is 30.5 Å². The molecule has 0 bridgehead atoms. The van der Waals surface area contributed by atoms with E-state index in [1.807, 2.05) is 23.1 Å². The van der Waals surface area contributed by atoms with Gasteiger partial charge >= 0.3 is 0 Å². The average Bonchev–Trinajstić information content (AvgIpc) is 3.55. The van der Waals surface area contributed by atoms with Crippen LogP contribution >= 0.6 is 0 Å². The number of carbonyl (C=O) groups excluding carboxylic acids is 1. The van der Waals surface area contributed by atoms with Crippen molar-refractivity contribution in [3.8, 4) is 11.5 Å². The molecule has 1 unspecified atom stereocenters. The maximum absolute atomic E-state index is 13.3. The lowest BCUT2D eigenvalue weighted by molar-refractivity contribution is -0.137. The predicted molar refractivity (Wildman–Crippen MR) is 112 cm³/mol. The van der Waals surface area contributed by atoms with E-state index in [9.17, 15) is 9.18 Å². The third kappa shape index (κ3) is 4.36. The average molecular weight is 424 g/mol. The van der Waals surface area contributed by atoms with Crippen molar-refractivity contribution in [3.63, 3.8) is 0 Å². The number of ether oxygens (including phenoxy) is 2. The maximum Gasteiger partial charge on any atom is 0.231 e. The van der Waals surface area contributed by atoms with E-state index in [1.165, 1.54) is 12.1 Å². The van der Waals surface area contributed by atoms with Crippen molar-refractivity contribution in [3.05, 3.63) is 59.4 Å². The number of amides is 1. The molecule has 1 saturated carbocycles. The Hall–Kier alpha value is -3.09. The van der Waals surface area contributed by atoms with Crippen LogP contribution in [0.4, 0.5) is 4.39 Å². The third-order valence-electron chi connectivity index (χ3n) is 6.17. The van der Waals surface area contributed by atoms with Gasteiger partial charge in [0.15, 0.2) is 17.6 Å². The number of fused-ring (bicyclic) bond motifs is 1. The van der Waals surface area contributed by atoms with Gasteiger partial charge in [-0.2, -0.15) is 0 Å². The molecule has 2 aromatic rings. The second-order valence-corrected chi connectivity index (χ2v) is 8.36. The molecule has 0 spiro atoms. The Kier molecular flexibility index (Phi) is 5.49. The van der Waals surface area contributed by atoms with Gasteiger partial charge in [-0.15, -0.1) is 0 Å². The fraction of sp³-hybridized carbons (Fsp3) is 0.417. The lowest BCUT2D eigenvalue weighted by Crippen LogP contribution is -2.40. The molecule has 2 heterocycles. The van der Waals surface area contributed by atoms with Crippen LogP contribution in [0, 0.1) is 11.7 Å². The first kappa shape index (κ1) is 19.8. The first-order valence-corrected chi connectivity index (χ1v) is 10.8. The van der Waals surface area contributed by atoms with Gasteiger partial charge in [-0.05, 0) is 48.7 Å². The Morgan fingerprint density at radius 3 is 2.65 bits per heavy atom. The molecule has 2 aliphatic heterocycles. The number of halogens is 1. The number of benzene rings is 2. The molecule has 1 amide bonds. The topological polar surface area (TPSA) is 60.4 Å². The summed E-state index contributed by atoms with van der Waals surface area (Å²) in [7, 11) is 0. The second kappa shape index (κ2) is 8.57. The largest absolute Gasteiger partial charge is 0.454 e. The number of oxime groups is 1. The number of rotatable bonds is 6. The highest BCUT2D eigenvalue weighted by molar-refractivity contribution is 6.01. The third-order valence-corrected chi connectivity index (χ3v) is 6.17. The van der Waals surface area contributed by atoms with Crippen molar-refractivity contribution in [1.29, 1.82) is 0 Å². The summed E-state index contributed by atoms with van der Waals surface area (Å²) < 4.78 is 24.1. The minimum Gasteiger partial charge on any atom is -0.454 e. The molecular formula is C24H25FN2O4.